The van der Waals surface area contributed by atoms with E-state index in [9.17, 15) is 4.79 Å². The average Bonchev–Trinajstić information content (AvgIpc) is 2.93. The maximum Gasteiger partial charge on any atom is 0.151 e. The van der Waals surface area contributed by atoms with E-state index in [1.807, 2.05) is 0 Å². The van der Waals surface area contributed by atoms with Crippen molar-refractivity contribution >= 4 is 6.29 Å². The highest BCUT2D eigenvalue weighted by molar-refractivity contribution is 5.56. The maximum absolute atomic E-state index is 11.3. The average molecular weight is 539 g/mol. The molecule has 0 radical (unpaired) electrons. The van der Waals surface area contributed by atoms with Crippen molar-refractivity contribution in [2.24, 2.45) is 0 Å². The molecule has 228 valence electrons. The molecule has 0 aliphatic heterocycles. The molecule has 3 nitrogen and oxygen atoms in total. The second-order valence-electron chi connectivity index (χ2n) is 11.8. The smallest absolute Gasteiger partial charge is 0.151 e. The van der Waals surface area contributed by atoms with Gasteiger partial charge in [-0.25, -0.2) is 0 Å². The number of hydrogen-bond donors (Lipinski definition) is 0. The molecule has 0 spiro atoms. The highest BCUT2D eigenvalue weighted by Crippen LogP contribution is 2.14. The third-order valence-corrected chi connectivity index (χ3v) is 7.91. The molecule has 0 saturated carbocycles. The van der Waals surface area contributed by atoms with E-state index in [4.69, 9.17) is 9.47 Å². The van der Waals surface area contributed by atoms with Gasteiger partial charge in [0.05, 0.1) is 6.61 Å². The van der Waals surface area contributed by atoms with Gasteiger partial charge in [-0.3, -0.25) is 0 Å². The van der Waals surface area contributed by atoms with Gasteiger partial charge in [-0.1, -0.05) is 181 Å². The van der Waals surface area contributed by atoms with Gasteiger partial charge in [0.2, 0.25) is 0 Å². The number of aldehydes is 1. The number of unbranched alkanes of at least 4 members (excludes halogenated alkanes) is 26. The van der Waals surface area contributed by atoms with Crippen LogP contribution in [0.1, 0.15) is 194 Å². The summed E-state index contributed by atoms with van der Waals surface area (Å²) < 4.78 is 11.4. The Balaban J connectivity index is 3.25. The Hall–Kier alpha value is -0.410. The van der Waals surface area contributed by atoms with Gasteiger partial charge in [0.25, 0.3) is 0 Å². The Kier molecular flexibility index (Phi) is 34.2. The van der Waals surface area contributed by atoms with Crippen molar-refractivity contribution in [3.05, 3.63) is 0 Å². The molecule has 0 heterocycles. The number of ether oxygens (including phenoxy) is 2. The maximum atomic E-state index is 11.3. The third kappa shape index (κ3) is 31.8. The van der Waals surface area contributed by atoms with E-state index in [2.05, 4.69) is 13.8 Å². The lowest BCUT2D eigenvalue weighted by atomic mass is 10.0. The zero-order valence-corrected chi connectivity index (χ0v) is 26.3. The van der Waals surface area contributed by atoms with Crippen molar-refractivity contribution in [2.45, 2.75) is 200 Å². The Morgan fingerprint density at radius 3 is 1.03 bits per heavy atom. The summed E-state index contributed by atoms with van der Waals surface area (Å²) in [5.74, 6) is 0. The number of hydrogen-bond acceptors (Lipinski definition) is 3. The van der Waals surface area contributed by atoms with Crippen LogP contribution in [0, 0.1) is 0 Å². The lowest BCUT2D eigenvalue weighted by molar-refractivity contribution is -0.122. The fraction of sp³-hybridized carbons (Fsp3) is 0.971. The molecule has 0 amide bonds. The topological polar surface area (TPSA) is 35.5 Å². The summed E-state index contributed by atoms with van der Waals surface area (Å²) >= 11 is 0. The molecule has 0 rings (SSSR count). The second kappa shape index (κ2) is 34.6. The highest BCUT2D eigenvalue weighted by atomic mass is 16.5. The minimum Gasteiger partial charge on any atom is -0.378 e. The van der Waals surface area contributed by atoms with Crippen LogP contribution in [0.25, 0.3) is 0 Å². The Morgan fingerprint density at radius 1 is 0.421 bits per heavy atom. The Morgan fingerprint density at radius 2 is 0.711 bits per heavy atom. The third-order valence-electron chi connectivity index (χ3n) is 7.91. The van der Waals surface area contributed by atoms with Crippen LogP contribution < -0.4 is 0 Å². The predicted octanol–water partition coefficient (Wildman–Crippen LogP) is 11.5. The van der Waals surface area contributed by atoms with Crippen molar-refractivity contribution in [2.75, 3.05) is 19.8 Å². The molecule has 38 heavy (non-hydrogen) atoms. The lowest BCUT2D eigenvalue weighted by Gasteiger charge is -2.12. The molecule has 0 unspecified atom stereocenters. The first-order chi connectivity index (χ1) is 18.8. The minimum atomic E-state index is -0.386. The number of carbonyl (C=O) groups excluding carboxylic acids is 1. The summed E-state index contributed by atoms with van der Waals surface area (Å²) in [6, 6.07) is 0. The van der Waals surface area contributed by atoms with Crippen LogP contribution in [0.15, 0.2) is 0 Å². The molecule has 0 aromatic carbocycles. The fourth-order valence-electron chi connectivity index (χ4n) is 5.26. The molecular formula is C35H70O3. The van der Waals surface area contributed by atoms with Crippen LogP contribution in [0.5, 0.6) is 0 Å². The van der Waals surface area contributed by atoms with Crippen molar-refractivity contribution in [1.82, 2.24) is 0 Å². The lowest BCUT2D eigenvalue weighted by Crippen LogP contribution is -2.22. The summed E-state index contributed by atoms with van der Waals surface area (Å²) in [5, 5.41) is 0. The van der Waals surface area contributed by atoms with Crippen molar-refractivity contribution in [3.8, 4) is 0 Å². The molecule has 0 N–H and O–H groups in total. The number of rotatable bonds is 34. The predicted molar refractivity (Wildman–Crippen MR) is 167 cm³/mol. The summed E-state index contributed by atoms with van der Waals surface area (Å²) in [6.07, 6.45) is 38.7. The van der Waals surface area contributed by atoms with Crippen molar-refractivity contribution in [3.63, 3.8) is 0 Å². The van der Waals surface area contributed by atoms with E-state index in [0.29, 0.717) is 13.2 Å². The molecule has 0 fully saturated rings. The first-order valence-corrected chi connectivity index (χ1v) is 17.5. The number of carbonyl (C=O) groups is 1. The van der Waals surface area contributed by atoms with E-state index in [-0.39, 0.29) is 6.10 Å². The van der Waals surface area contributed by atoms with Gasteiger partial charge in [-0.2, -0.15) is 0 Å². The monoisotopic (exact) mass is 539 g/mol. The molecule has 1 atom stereocenters. The molecule has 0 aromatic heterocycles. The van der Waals surface area contributed by atoms with Crippen LogP contribution in [0.2, 0.25) is 0 Å². The molecular weight excluding hydrogens is 468 g/mol. The summed E-state index contributed by atoms with van der Waals surface area (Å²) in [4.78, 5) is 11.3. The van der Waals surface area contributed by atoms with Crippen LogP contribution in [-0.4, -0.2) is 32.2 Å². The van der Waals surface area contributed by atoms with Crippen molar-refractivity contribution < 1.29 is 14.3 Å². The van der Waals surface area contributed by atoms with E-state index < -0.39 is 0 Å². The zero-order chi connectivity index (χ0) is 27.6. The van der Waals surface area contributed by atoms with Gasteiger partial charge in [0, 0.05) is 13.2 Å². The SMILES string of the molecule is CCCCCCCCCCCCCCCCOC[C@H](C=O)OCCCCCCCCCCCCCCCC. The summed E-state index contributed by atoms with van der Waals surface area (Å²) in [7, 11) is 0. The van der Waals surface area contributed by atoms with E-state index >= 15 is 0 Å². The second-order valence-corrected chi connectivity index (χ2v) is 11.8. The fourth-order valence-corrected chi connectivity index (χ4v) is 5.26. The van der Waals surface area contributed by atoms with Gasteiger partial charge in [0.1, 0.15) is 6.10 Å². The van der Waals surface area contributed by atoms with Crippen LogP contribution >= 0.6 is 0 Å². The first kappa shape index (κ1) is 37.6. The van der Waals surface area contributed by atoms with Gasteiger partial charge in [-0.05, 0) is 12.8 Å². The quantitative estimate of drug-likeness (QED) is 0.0603. The van der Waals surface area contributed by atoms with Gasteiger partial charge < -0.3 is 14.3 Å². The summed E-state index contributed by atoms with van der Waals surface area (Å²) in [5.41, 5.74) is 0. The Bertz CT molecular complexity index is 425. The highest BCUT2D eigenvalue weighted by Gasteiger charge is 2.07. The largest absolute Gasteiger partial charge is 0.378 e. The summed E-state index contributed by atoms with van der Waals surface area (Å²) in [6.45, 7) is 6.43. The Labute approximate surface area is 240 Å². The molecule has 0 bridgehead atoms. The molecule has 0 saturated heterocycles. The van der Waals surface area contributed by atoms with Gasteiger partial charge in [-0.15, -0.1) is 0 Å². The van der Waals surface area contributed by atoms with Gasteiger partial charge >= 0.3 is 0 Å². The molecule has 0 aromatic rings. The van der Waals surface area contributed by atoms with Crippen molar-refractivity contribution in [1.29, 1.82) is 0 Å². The molecule has 0 aliphatic rings. The first-order valence-electron chi connectivity index (χ1n) is 17.5. The van der Waals surface area contributed by atoms with E-state index in [1.54, 1.807) is 0 Å². The standard InChI is InChI=1S/C35H70O3/c1-3-5-7-9-11-13-15-17-19-21-23-25-27-29-31-37-34-35(33-36)38-32-30-28-26-24-22-20-18-16-14-12-10-8-6-4-2/h33,35H,3-32,34H2,1-2H3/t35-/m0/s1. The van der Waals surface area contributed by atoms with Gasteiger partial charge in [0.15, 0.2) is 6.29 Å². The normalized spacial score (nSPS) is 12.3. The van der Waals surface area contributed by atoms with Crippen LogP contribution in [0.3, 0.4) is 0 Å². The van der Waals surface area contributed by atoms with Crippen LogP contribution in [0.4, 0.5) is 0 Å². The molecule has 0 aliphatic carbocycles. The zero-order valence-electron chi connectivity index (χ0n) is 26.3. The minimum absolute atomic E-state index is 0.386. The van der Waals surface area contributed by atoms with E-state index in [0.717, 1.165) is 25.7 Å². The van der Waals surface area contributed by atoms with Crippen LogP contribution in [-0.2, 0) is 14.3 Å². The molecule has 3 heteroatoms. The van der Waals surface area contributed by atoms with E-state index in [1.165, 1.54) is 167 Å².